The van der Waals surface area contributed by atoms with E-state index in [0.717, 1.165) is 32.7 Å². The number of methoxy groups -OCH3 is 1. The van der Waals surface area contributed by atoms with Crippen molar-refractivity contribution < 1.29 is 9.53 Å². The molecule has 3 rings (SSSR count). The molecule has 0 radical (unpaired) electrons. The van der Waals surface area contributed by atoms with Crippen LogP contribution < -0.4 is 10.6 Å². The Morgan fingerprint density at radius 2 is 2.43 bits per heavy atom. The normalized spacial score (nSPS) is 28.3. The minimum Gasteiger partial charge on any atom is -0.383 e. The van der Waals surface area contributed by atoms with Crippen LogP contribution in [0.3, 0.4) is 0 Å². The highest BCUT2D eigenvalue weighted by Gasteiger charge is 2.30. The van der Waals surface area contributed by atoms with Gasteiger partial charge in [0, 0.05) is 36.8 Å². The number of anilines is 1. The highest BCUT2D eigenvalue weighted by atomic mass is 32.1. The zero-order valence-corrected chi connectivity index (χ0v) is 14.7. The Hall–Kier alpha value is -1.02. The van der Waals surface area contributed by atoms with Gasteiger partial charge in [0.1, 0.15) is 0 Å². The molecule has 1 aromatic heterocycles. The first kappa shape index (κ1) is 16.8. The van der Waals surface area contributed by atoms with Crippen LogP contribution in [-0.2, 0) is 16.1 Å². The van der Waals surface area contributed by atoms with E-state index in [1.165, 1.54) is 17.7 Å². The fourth-order valence-corrected chi connectivity index (χ4v) is 4.38. The SMILES string of the molecule is COCC1CCCN1Cc1cnc(NC(=O)[C@H]2CCN[C@H]2C)s1. The van der Waals surface area contributed by atoms with E-state index in [1.54, 1.807) is 18.4 Å². The predicted octanol–water partition coefficient (Wildman–Crippen LogP) is 1.69. The summed E-state index contributed by atoms with van der Waals surface area (Å²) in [6.07, 6.45) is 5.21. The molecule has 2 saturated heterocycles. The second-order valence-corrected chi connectivity index (χ2v) is 7.60. The number of hydrogen-bond donors (Lipinski definition) is 2. The van der Waals surface area contributed by atoms with Crippen LogP contribution in [0, 0.1) is 5.92 Å². The molecule has 3 atom stereocenters. The molecule has 0 aliphatic carbocycles. The molecule has 2 fully saturated rings. The second kappa shape index (κ2) is 7.70. The van der Waals surface area contributed by atoms with Crippen molar-refractivity contribution in [3.05, 3.63) is 11.1 Å². The van der Waals surface area contributed by atoms with E-state index in [-0.39, 0.29) is 17.9 Å². The fourth-order valence-electron chi connectivity index (χ4n) is 3.54. The smallest absolute Gasteiger partial charge is 0.230 e. The number of likely N-dealkylation sites (tertiary alicyclic amines) is 1. The Morgan fingerprint density at radius 3 is 3.17 bits per heavy atom. The van der Waals surface area contributed by atoms with E-state index in [0.29, 0.717) is 11.2 Å². The van der Waals surface area contributed by atoms with Gasteiger partial charge in [-0.05, 0) is 39.3 Å². The number of rotatable bonds is 6. The molecule has 0 bridgehead atoms. The van der Waals surface area contributed by atoms with Gasteiger partial charge in [-0.25, -0.2) is 4.98 Å². The summed E-state index contributed by atoms with van der Waals surface area (Å²) in [5.41, 5.74) is 0. The summed E-state index contributed by atoms with van der Waals surface area (Å²) >= 11 is 1.58. The molecular weight excluding hydrogens is 312 g/mol. The third-order valence-corrected chi connectivity index (χ3v) is 5.76. The first-order valence-electron chi connectivity index (χ1n) is 8.39. The van der Waals surface area contributed by atoms with Crippen molar-refractivity contribution in [2.45, 2.75) is 44.8 Å². The molecule has 0 spiro atoms. The monoisotopic (exact) mass is 338 g/mol. The summed E-state index contributed by atoms with van der Waals surface area (Å²) in [6, 6.07) is 0.749. The number of nitrogens with zero attached hydrogens (tertiary/aromatic N) is 2. The summed E-state index contributed by atoms with van der Waals surface area (Å²) < 4.78 is 5.30. The van der Waals surface area contributed by atoms with E-state index in [1.807, 2.05) is 6.20 Å². The molecule has 2 aliphatic rings. The van der Waals surface area contributed by atoms with E-state index in [2.05, 4.69) is 27.4 Å². The van der Waals surface area contributed by atoms with Gasteiger partial charge in [0.15, 0.2) is 5.13 Å². The number of amides is 1. The lowest BCUT2D eigenvalue weighted by Crippen LogP contribution is -2.32. The average Bonchev–Trinajstić information content (AvgIpc) is 3.23. The highest BCUT2D eigenvalue weighted by Crippen LogP contribution is 2.26. The maximum atomic E-state index is 12.3. The Balaban J connectivity index is 1.54. The maximum absolute atomic E-state index is 12.3. The van der Waals surface area contributed by atoms with Crippen LogP contribution >= 0.6 is 11.3 Å². The third-order valence-electron chi connectivity index (χ3n) is 4.86. The minimum atomic E-state index is 0.0482. The molecule has 6 nitrogen and oxygen atoms in total. The summed E-state index contributed by atoms with van der Waals surface area (Å²) in [5, 5.41) is 7.01. The van der Waals surface area contributed by atoms with Gasteiger partial charge in [0.05, 0.1) is 12.5 Å². The standard InChI is InChI=1S/C16H26N4O2S/c1-11-14(5-6-17-11)15(21)19-16-18-8-13(23-16)9-20-7-3-4-12(20)10-22-2/h8,11-12,14,17H,3-7,9-10H2,1-2H3,(H,18,19,21)/t11-,12?,14-/m0/s1. The van der Waals surface area contributed by atoms with Gasteiger partial charge in [-0.2, -0.15) is 0 Å². The first-order chi connectivity index (χ1) is 11.2. The van der Waals surface area contributed by atoms with Crippen molar-refractivity contribution in [1.82, 2.24) is 15.2 Å². The van der Waals surface area contributed by atoms with E-state index >= 15 is 0 Å². The minimum absolute atomic E-state index is 0.0482. The van der Waals surface area contributed by atoms with Gasteiger partial charge in [-0.15, -0.1) is 11.3 Å². The number of carbonyl (C=O) groups excluding carboxylic acids is 1. The Kier molecular flexibility index (Phi) is 5.63. The highest BCUT2D eigenvalue weighted by molar-refractivity contribution is 7.15. The summed E-state index contributed by atoms with van der Waals surface area (Å²) in [5.74, 6) is 0.133. The van der Waals surface area contributed by atoms with Crippen molar-refractivity contribution in [3.8, 4) is 0 Å². The molecule has 1 unspecified atom stereocenters. The Labute approximate surface area is 141 Å². The van der Waals surface area contributed by atoms with E-state index in [9.17, 15) is 4.79 Å². The van der Waals surface area contributed by atoms with Crippen LogP contribution in [0.15, 0.2) is 6.20 Å². The molecule has 0 saturated carbocycles. The van der Waals surface area contributed by atoms with Gasteiger partial charge in [0.25, 0.3) is 0 Å². The zero-order valence-electron chi connectivity index (χ0n) is 13.9. The summed E-state index contributed by atoms with van der Waals surface area (Å²) in [7, 11) is 1.76. The zero-order chi connectivity index (χ0) is 16.2. The first-order valence-corrected chi connectivity index (χ1v) is 9.21. The quantitative estimate of drug-likeness (QED) is 0.826. The lowest BCUT2D eigenvalue weighted by atomic mass is 10.0. The molecular formula is C16H26N4O2S. The number of aromatic nitrogens is 1. The molecule has 1 aromatic rings. The fraction of sp³-hybridized carbons (Fsp3) is 0.750. The molecule has 2 aliphatic heterocycles. The van der Waals surface area contributed by atoms with Crippen molar-refractivity contribution in [3.63, 3.8) is 0 Å². The topological polar surface area (TPSA) is 66.5 Å². The molecule has 0 aromatic carbocycles. The van der Waals surface area contributed by atoms with Gasteiger partial charge in [-0.3, -0.25) is 9.69 Å². The molecule has 7 heteroatoms. The van der Waals surface area contributed by atoms with Crippen LogP contribution in [0.25, 0.3) is 0 Å². The average molecular weight is 338 g/mol. The molecule has 23 heavy (non-hydrogen) atoms. The number of thiazole rings is 1. The van der Waals surface area contributed by atoms with Gasteiger partial charge in [0.2, 0.25) is 5.91 Å². The van der Waals surface area contributed by atoms with E-state index in [4.69, 9.17) is 4.74 Å². The van der Waals surface area contributed by atoms with Gasteiger partial charge >= 0.3 is 0 Å². The predicted molar refractivity (Wildman–Crippen MR) is 91.6 cm³/mol. The van der Waals surface area contributed by atoms with Crippen molar-refractivity contribution in [1.29, 1.82) is 0 Å². The van der Waals surface area contributed by atoms with Crippen LogP contribution in [-0.4, -0.2) is 54.7 Å². The second-order valence-electron chi connectivity index (χ2n) is 6.48. The molecule has 3 heterocycles. The summed E-state index contributed by atoms with van der Waals surface area (Å²) in [4.78, 5) is 20.3. The van der Waals surface area contributed by atoms with Crippen LogP contribution in [0.2, 0.25) is 0 Å². The summed E-state index contributed by atoms with van der Waals surface area (Å²) in [6.45, 7) is 5.77. The third kappa shape index (κ3) is 4.09. The number of carbonyl (C=O) groups is 1. The largest absolute Gasteiger partial charge is 0.383 e. The van der Waals surface area contributed by atoms with Crippen LogP contribution in [0.4, 0.5) is 5.13 Å². The lowest BCUT2D eigenvalue weighted by Gasteiger charge is -2.22. The molecule has 128 valence electrons. The van der Waals surface area contributed by atoms with E-state index < -0.39 is 0 Å². The Morgan fingerprint density at radius 1 is 1.57 bits per heavy atom. The van der Waals surface area contributed by atoms with Crippen LogP contribution in [0.1, 0.15) is 31.1 Å². The molecule has 1 amide bonds. The Bertz CT molecular complexity index is 536. The molecule has 2 N–H and O–H groups in total. The van der Waals surface area contributed by atoms with Crippen LogP contribution in [0.5, 0.6) is 0 Å². The number of ether oxygens (including phenoxy) is 1. The van der Waals surface area contributed by atoms with Gasteiger partial charge in [-0.1, -0.05) is 0 Å². The number of nitrogens with one attached hydrogen (secondary N) is 2. The maximum Gasteiger partial charge on any atom is 0.230 e. The van der Waals surface area contributed by atoms with Crippen molar-refractivity contribution >= 4 is 22.4 Å². The van der Waals surface area contributed by atoms with Gasteiger partial charge < -0.3 is 15.4 Å². The van der Waals surface area contributed by atoms with Crippen molar-refractivity contribution in [2.24, 2.45) is 5.92 Å². The van der Waals surface area contributed by atoms with Crippen molar-refractivity contribution in [2.75, 3.05) is 32.1 Å². The number of hydrogen-bond acceptors (Lipinski definition) is 6. The lowest BCUT2D eigenvalue weighted by molar-refractivity contribution is -0.120.